The van der Waals surface area contributed by atoms with Gasteiger partial charge in [0.15, 0.2) is 0 Å². The summed E-state index contributed by atoms with van der Waals surface area (Å²) in [6.45, 7) is 6.49. The predicted molar refractivity (Wildman–Crippen MR) is 77.7 cm³/mol. The van der Waals surface area contributed by atoms with Gasteiger partial charge < -0.3 is 15.7 Å². The Hall–Kier alpha value is -1.71. The zero-order chi connectivity index (χ0) is 14.0. The van der Waals surface area contributed by atoms with Crippen molar-refractivity contribution >= 4 is 17.3 Å². The molecule has 0 spiro atoms. The molecule has 1 aromatic carbocycles. The molecular weight excluding hydrogens is 240 g/mol. The summed E-state index contributed by atoms with van der Waals surface area (Å²) >= 11 is 0. The lowest BCUT2D eigenvalue weighted by Crippen LogP contribution is -2.26. The molecule has 0 atom stereocenters. The van der Waals surface area contributed by atoms with Gasteiger partial charge in [0, 0.05) is 13.1 Å². The molecule has 0 amide bonds. The Morgan fingerprint density at radius 3 is 2.58 bits per heavy atom. The van der Waals surface area contributed by atoms with E-state index in [0.29, 0.717) is 11.1 Å². The van der Waals surface area contributed by atoms with E-state index in [9.17, 15) is 4.79 Å². The molecule has 1 aromatic rings. The van der Waals surface area contributed by atoms with Crippen molar-refractivity contribution in [3.8, 4) is 0 Å². The fourth-order valence-corrected chi connectivity index (χ4v) is 2.94. The summed E-state index contributed by atoms with van der Waals surface area (Å²) in [4.78, 5) is 13.2. The van der Waals surface area contributed by atoms with Gasteiger partial charge in [-0.1, -0.05) is 13.8 Å². The predicted octanol–water partition coefficient (Wildman–Crippen LogP) is 2.98. The van der Waals surface area contributed by atoms with E-state index in [2.05, 4.69) is 18.7 Å². The fraction of sp³-hybridized carbons (Fsp3) is 0.533. The summed E-state index contributed by atoms with van der Waals surface area (Å²) in [5.74, 6) is -0.934. The van der Waals surface area contributed by atoms with E-state index in [1.807, 2.05) is 6.07 Å². The quantitative estimate of drug-likeness (QED) is 0.819. The third-order valence-electron chi connectivity index (χ3n) is 4.55. The zero-order valence-electron chi connectivity index (χ0n) is 11.6. The van der Waals surface area contributed by atoms with Crippen LogP contribution >= 0.6 is 0 Å². The number of nitrogen functional groups attached to an aromatic ring is 1. The molecule has 1 heterocycles. The number of carbonyl (C=O) groups is 1. The summed E-state index contributed by atoms with van der Waals surface area (Å²) in [6.07, 6.45) is 3.53. The van der Waals surface area contributed by atoms with Crippen LogP contribution in [0.2, 0.25) is 0 Å². The van der Waals surface area contributed by atoms with Crippen LogP contribution in [-0.2, 0) is 0 Å². The molecule has 0 aliphatic carbocycles. The molecular formula is C15H22N2O2. The summed E-state index contributed by atoms with van der Waals surface area (Å²) in [5.41, 5.74) is 8.16. The third kappa shape index (κ3) is 2.53. The minimum atomic E-state index is -0.934. The Morgan fingerprint density at radius 1 is 1.42 bits per heavy atom. The Balaban J connectivity index is 2.22. The van der Waals surface area contributed by atoms with Crippen LogP contribution in [0, 0.1) is 5.41 Å². The van der Waals surface area contributed by atoms with Crippen LogP contribution in [-0.4, -0.2) is 24.2 Å². The second kappa shape index (κ2) is 5.11. The number of benzene rings is 1. The van der Waals surface area contributed by atoms with Gasteiger partial charge in [0.2, 0.25) is 0 Å². The number of carboxylic acids is 1. The first-order valence-electron chi connectivity index (χ1n) is 6.89. The first kappa shape index (κ1) is 13.7. The van der Waals surface area contributed by atoms with Crippen molar-refractivity contribution < 1.29 is 9.90 Å². The van der Waals surface area contributed by atoms with Gasteiger partial charge in [0.25, 0.3) is 0 Å². The van der Waals surface area contributed by atoms with E-state index in [4.69, 9.17) is 10.8 Å². The van der Waals surface area contributed by atoms with Crippen molar-refractivity contribution in [2.75, 3.05) is 23.7 Å². The van der Waals surface area contributed by atoms with E-state index >= 15 is 0 Å². The Kier molecular flexibility index (Phi) is 3.69. The van der Waals surface area contributed by atoms with Gasteiger partial charge >= 0.3 is 5.97 Å². The Bertz CT molecular complexity index is 481. The van der Waals surface area contributed by atoms with E-state index in [1.54, 1.807) is 12.1 Å². The molecule has 0 radical (unpaired) electrons. The van der Waals surface area contributed by atoms with Crippen molar-refractivity contribution in [1.29, 1.82) is 0 Å². The van der Waals surface area contributed by atoms with E-state index in [-0.39, 0.29) is 5.56 Å². The molecule has 4 heteroatoms. The molecule has 0 unspecified atom stereocenters. The van der Waals surface area contributed by atoms with Gasteiger partial charge in [-0.3, -0.25) is 0 Å². The minimum absolute atomic E-state index is 0.248. The number of hydrogen-bond acceptors (Lipinski definition) is 3. The highest BCUT2D eigenvalue weighted by Gasteiger charge is 2.35. The van der Waals surface area contributed by atoms with Crippen molar-refractivity contribution in [3.05, 3.63) is 23.8 Å². The SMILES string of the molecule is CCC1(CC)CCN(c2ccc(C(=O)O)cc2N)C1. The van der Waals surface area contributed by atoms with Crippen molar-refractivity contribution in [3.63, 3.8) is 0 Å². The smallest absolute Gasteiger partial charge is 0.335 e. The van der Waals surface area contributed by atoms with Gasteiger partial charge in [-0.2, -0.15) is 0 Å². The third-order valence-corrected chi connectivity index (χ3v) is 4.55. The minimum Gasteiger partial charge on any atom is -0.478 e. The van der Waals surface area contributed by atoms with Crippen molar-refractivity contribution in [2.24, 2.45) is 5.41 Å². The van der Waals surface area contributed by atoms with Gasteiger partial charge in [0.05, 0.1) is 16.9 Å². The van der Waals surface area contributed by atoms with Crippen molar-refractivity contribution in [1.82, 2.24) is 0 Å². The molecule has 1 fully saturated rings. The lowest BCUT2D eigenvalue weighted by atomic mass is 9.82. The molecule has 19 heavy (non-hydrogen) atoms. The number of anilines is 2. The van der Waals surface area contributed by atoms with Gasteiger partial charge in [-0.05, 0) is 42.9 Å². The average Bonchev–Trinajstić information content (AvgIpc) is 2.83. The van der Waals surface area contributed by atoms with Crippen LogP contribution in [0.15, 0.2) is 18.2 Å². The van der Waals surface area contributed by atoms with E-state index in [1.165, 1.54) is 19.3 Å². The van der Waals surface area contributed by atoms with Crippen LogP contribution in [0.4, 0.5) is 11.4 Å². The first-order chi connectivity index (χ1) is 9.01. The highest BCUT2D eigenvalue weighted by atomic mass is 16.4. The molecule has 104 valence electrons. The van der Waals surface area contributed by atoms with Crippen molar-refractivity contribution in [2.45, 2.75) is 33.1 Å². The monoisotopic (exact) mass is 262 g/mol. The number of nitrogens with two attached hydrogens (primary N) is 1. The highest BCUT2D eigenvalue weighted by Crippen LogP contribution is 2.40. The lowest BCUT2D eigenvalue weighted by molar-refractivity contribution is 0.0697. The maximum absolute atomic E-state index is 10.9. The first-order valence-corrected chi connectivity index (χ1v) is 6.89. The zero-order valence-corrected chi connectivity index (χ0v) is 11.6. The summed E-state index contributed by atoms with van der Waals surface area (Å²) in [7, 11) is 0. The maximum atomic E-state index is 10.9. The van der Waals surface area contributed by atoms with Crippen LogP contribution in [0.25, 0.3) is 0 Å². The average molecular weight is 262 g/mol. The molecule has 0 aromatic heterocycles. The highest BCUT2D eigenvalue weighted by molar-refractivity contribution is 5.90. The number of hydrogen-bond donors (Lipinski definition) is 2. The number of rotatable bonds is 4. The van der Waals surface area contributed by atoms with Gasteiger partial charge in [0.1, 0.15) is 0 Å². The van der Waals surface area contributed by atoms with E-state index < -0.39 is 5.97 Å². The largest absolute Gasteiger partial charge is 0.478 e. The van der Waals surface area contributed by atoms with E-state index in [0.717, 1.165) is 18.8 Å². The van der Waals surface area contributed by atoms with Crippen LogP contribution in [0.5, 0.6) is 0 Å². The molecule has 3 N–H and O–H groups in total. The standard InChI is InChI=1S/C15H22N2O2/c1-3-15(4-2)7-8-17(10-15)13-6-5-11(14(18)19)9-12(13)16/h5-6,9H,3-4,7-8,10,16H2,1-2H3,(H,18,19). The molecule has 1 aliphatic rings. The number of nitrogens with zero attached hydrogens (tertiary/aromatic N) is 1. The summed E-state index contributed by atoms with van der Waals surface area (Å²) in [6, 6.07) is 5.02. The van der Waals surface area contributed by atoms with Gasteiger partial charge in [-0.15, -0.1) is 0 Å². The second-order valence-electron chi connectivity index (χ2n) is 5.46. The summed E-state index contributed by atoms with van der Waals surface area (Å²) < 4.78 is 0. The number of aromatic carboxylic acids is 1. The second-order valence-corrected chi connectivity index (χ2v) is 5.46. The molecule has 2 rings (SSSR count). The summed E-state index contributed by atoms with van der Waals surface area (Å²) in [5, 5.41) is 8.96. The fourth-order valence-electron chi connectivity index (χ4n) is 2.94. The van der Waals surface area contributed by atoms with Crippen LogP contribution in [0.1, 0.15) is 43.5 Å². The molecule has 1 saturated heterocycles. The van der Waals surface area contributed by atoms with Gasteiger partial charge in [-0.25, -0.2) is 4.79 Å². The molecule has 0 bridgehead atoms. The topological polar surface area (TPSA) is 66.6 Å². The number of carboxylic acid groups (broad SMARTS) is 1. The van der Waals surface area contributed by atoms with Crippen LogP contribution < -0.4 is 10.6 Å². The molecule has 0 saturated carbocycles. The van der Waals surface area contributed by atoms with Crippen LogP contribution in [0.3, 0.4) is 0 Å². The normalized spacial score (nSPS) is 17.7. The Labute approximate surface area is 114 Å². The molecule has 1 aliphatic heterocycles. The Morgan fingerprint density at radius 2 is 2.11 bits per heavy atom. The lowest BCUT2D eigenvalue weighted by Gasteiger charge is -2.27. The molecule has 4 nitrogen and oxygen atoms in total. The maximum Gasteiger partial charge on any atom is 0.335 e.